The molecule has 2 aliphatic heterocycles. The van der Waals surface area contributed by atoms with Crippen molar-refractivity contribution in [1.82, 2.24) is 9.97 Å². The Kier molecular flexibility index (Phi) is 6.42. The van der Waals surface area contributed by atoms with E-state index < -0.39 is 0 Å². The first-order valence-corrected chi connectivity index (χ1v) is 17.5. The lowest BCUT2D eigenvalue weighted by atomic mass is 10.1. The molecule has 7 heteroatoms. The van der Waals surface area contributed by atoms with Gasteiger partial charge in [-0.25, -0.2) is 9.97 Å². The van der Waals surface area contributed by atoms with E-state index in [-0.39, 0.29) is 0 Å². The van der Waals surface area contributed by atoms with Crippen LogP contribution in [0.25, 0.3) is 44.7 Å². The monoisotopic (exact) mass is 684 g/mol. The maximum Gasteiger partial charge on any atom is 0.155 e. The normalized spacial score (nSPS) is 12.8. The molecule has 53 heavy (non-hydrogen) atoms. The van der Waals surface area contributed by atoms with Gasteiger partial charge in [-0.3, -0.25) is 0 Å². The van der Waals surface area contributed by atoms with Crippen molar-refractivity contribution in [3.8, 4) is 45.5 Å². The molecule has 250 valence electrons. The molecule has 7 nitrogen and oxygen atoms in total. The minimum Gasteiger partial charge on any atom is -0.453 e. The third-order valence-corrected chi connectivity index (χ3v) is 9.83. The highest BCUT2D eigenvalue weighted by molar-refractivity contribution is 6.01. The number of hydrogen-bond acceptors (Lipinski definition) is 7. The van der Waals surface area contributed by atoms with Crippen LogP contribution in [0.4, 0.5) is 34.1 Å². The van der Waals surface area contributed by atoms with Gasteiger partial charge in [0.1, 0.15) is 11.0 Å². The Morgan fingerprint density at radius 2 is 0.774 bits per heavy atom. The topological polar surface area (TPSA) is 63.9 Å². The second-order valence-electron chi connectivity index (χ2n) is 13.0. The summed E-state index contributed by atoms with van der Waals surface area (Å²) in [6.45, 7) is 0. The highest BCUT2D eigenvalue weighted by atomic mass is 16.5. The van der Waals surface area contributed by atoms with Gasteiger partial charge in [0.25, 0.3) is 0 Å². The van der Waals surface area contributed by atoms with E-state index in [0.29, 0.717) is 22.2 Å². The molecular weight excluding hydrogens is 657 g/mol. The first-order chi connectivity index (χ1) is 26.2. The predicted molar refractivity (Wildman–Crippen MR) is 210 cm³/mol. The largest absolute Gasteiger partial charge is 0.453 e. The number of aromatic nitrogens is 2. The molecule has 3 aromatic heterocycles. The molecule has 0 amide bonds. The summed E-state index contributed by atoms with van der Waals surface area (Å²) in [4.78, 5) is 14.8. The molecular formula is C46H28N4O3. The quantitative estimate of drug-likeness (QED) is 0.183. The van der Waals surface area contributed by atoms with Gasteiger partial charge in [0, 0.05) is 22.5 Å². The van der Waals surface area contributed by atoms with Crippen molar-refractivity contribution >= 4 is 56.3 Å². The highest BCUT2D eigenvalue weighted by Gasteiger charge is 2.28. The van der Waals surface area contributed by atoms with Crippen molar-refractivity contribution in [2.24, 2.45) is 0 Å². The number of hydrogen-bond donors (Lipinski definition) is 0. The van der Waals surface area contributed by atoms with Crippen molar-refractivity contribution in [2.45, 2.75) is 0 Å². The second-order valence-corrected chi connectivity index (χ2v) is 13.0. The van der Waals surface area contributed by atoms with Crippen LogP contribution in [0.1, 0.15) is 0 Å². The van der Waals surface area contributed by atoms with E-state index in [1.807, 2.05) is 109 Å². The van der Waals surface area contributed by atoms with Gasteiger partial charge in [-0.2, -0.15) is 0 Å². The van der Waals surface area contributed by atoms with Crippen LogP contribution in [-0.2, 0) is 0 Å². The van der Waals surface area contributed by atoms with E-state index in [0.717, 1.165) is 79.6 Å². The number of ether oxygens (including phenoxy) is 2. The third-order valence-electron chi connectivity index (χ3n) is 9.83. The zero-order valence-corrected chi connectivity index (χ0v) is 28.2. The number of nitrogens with zero attached hydrogens (tertiary/aromatic N) is 4. The molecule has 0 aliphatic carbocycles. The first kappa shape index (κ1) is 29.4. The number of pyridine rings is 2. The van der Waals surface area contributed by atoms with Crippen LogP contribution >= 0.6 is 0 Å². The van der Waals surface area contributed by atoms with Gasteiger partial charge in [0.15, 0.2) is 34.2 Å². The SMILES string of the molecule is c1ccc(N2c3ccccc3Oc3ccc(-c4ccc5oc6ccc(-c7ccc8c(c7)N(c7ccccc7)c7ccccc7O8)nc6c5n4)cc32)cc1. The molecule has 2 aliphatic rings. The van der Waals surface area contributed by atoms with Crippen molar-refractivity contribution < 1.29 is 13.9 Å². The molecule has 9 aromatic rings. The van der Waals surface area contributed by atoms with Crippen LogP contribution in [0.2, 0.25) is 0 Å². The average molecular weight is 685 g/mol. The van der Waals surface area contributed by atoms with Crippen LogP contribution in [0.15, 0.2) is 174 Å². The van der Waals surface area contributed by atoms with Crippen LogP contribution in [0.3, 0.4) is 0 Å². The average Bonchev–Trinajstić information content (AvgIpc) is 3.59. The van der Waals surface area contributed by atoms with Crippen LogP contribution < -0.4 is 19.3 Å². The molecule has 0 radical (unpaired) electrons. The van der Waals surface area contributed by atoms with Crippen LogP contribution in [-0.4, -0.2) is 9.97 Å². The first-order valence-electron chi connectivity index (χ1n) is 17.5. The Morgan fingerprint density at radius 3 is 1.25 bits per heavy atom. The number of rotatable bonds is 4. The van der Waals surface area contributed by atoms with Crippen molar-refractivity contribution in [2.75, 3.05) is 9.80 Å². The molecule has 5 heterocycles. The van der Waals surface area contributed by atoms with Gasteiger partial charge in [-0.05, 0) is 109 Å². The maximum absolute atomic E-state index is 6.38. The second kappa shape index (κ2) is 11.6. The standard InChI is InChI=1S/C46H28N4O3/c1-3-11-31(12-4-1)49-35-15-7-9-17-39(35)51-41-23-19-29(27-37(41)49)33-21-25-43-45(47-33)46-44(53-43)26-22-34(48-46)30-20-24-42-38(28-30)50(32-13-5-2-6-14-32)36-16-8-10-18-40(36)52-42/h1-28H. The van der Waals surface area contributed by atoms with Crippen LogP contribution in [0, 0.1) is 0 Å². The summed E-state index contributed by atoms with van der Waals surface area (Å²) in [7, 11) is 0. The Morgan fingerprint density at radius 1 is 0.358 bits per heavy atom. The zero-order chi connectivity index (χ0) is 34.9. The van der Waals surface area contributed by atoms with E-state index in [2.05, 4.69) is 70.5 Å². The zero-order valence-electron chi connectivity index (χ0n) is 28.2. The number of anilines is 6. The molecule has 0 fully saturated rings. The van der Waals surface area contributed by atoms with E-state index in [1.54, 1.807) is 0 Å². The molecule has 0 unspecified atom stereocenters. The van der Waals surface area contributed by atoms with E-state index in [4.69, 9.17) is 23.9 Å². The Bertz CT molecular complexity index is 2680. The lowest BCUT2D eigenvalue weighted by Crippen LogP contribution is -2.15. The number of furan rings is 1. The Balaban J connectivity index is 1.00. The summed E-state index contributed by atoms with van der Waals surface area (Å²) in [5.41, 5.74) is 12.2. The van der Waals surface area contributed by atoms with E-state index in [9.17, 15) is 0 Å². The molecule has 6 aromatic carbocycles. The summed E-state index contributed by atoms with van der Waals surface area (Å²) < 4.78 is 19.0. The fourth-order valence-electron chi connectivity index (χ4n) is 7.38. The van der Waals surface area contributed by atoms with E-state index in [1.165, 1.54) is 0 Å². The Labute approximate surface area is 304 Å². The molecule has 11 rings (SSSR count). The predicted octanol–water partition coefficient (Wildman–Crippen LogP) is 12.9. The molecule has 0 bridgehead atoms. The van der Waals surface area contributed by atoms with Crippen molar-refractivity contribution in [3.63, 3.8) is 0 Å². The summed E-state index contributed by atoms with van der Waals surface area (Å²) >= 11 is 0. The Hall–Kier alpha value is -7.38. The van der Waals surface area contributed by atoms with Gasteiger partial charge >= 0.3 is 0 Å². The number of fused-ring (bicyclic) bond motifs is 7. The lowest BCUT2D eigenvalue weighted by molar-refractivity contribution is 0.477. The lowest BCUT2D eigenvalue weighted by Gasteiger charge is -2.33. The minimum absolute atomic E-state index is 0.681. The van der Waals surface area contributed by atoms with Crippen molar-refractivity contribution in [3.05, 3.63) is 170 Å². The number of benzene rings is 6. The minimum atomic E-state index is 0.681. The smallest absolute Gasteiger partial charge is 0.155 e. The van der Waals surface area contributed by atoms with Crippen LogP contribution in [0.5, 0.6) is 23.0 Å². The highest BCUT2D eigenvalue weighted by Crippen LogP contribution is 2.52. The summed E-state index contributed by atoms with van der Waals surface area (Å²) in [6.07, 6.45) is 0. The van der Waals surface area contributed by atoms with Crippen molar-refractivity contribution in [1.29, 1.82) is 0 Å². The molecule has 0 atom stereocenters. The molecule has 0 spiro atoms. The molecule has 0 N–H and O–H groups in total. The van der Waals surface area contributed by atoms with E-state index >= 15 is 0 Å². The van der Waals surface area contributed by atoms with Gasteiger partial charge in [-0.1, -0.05) is 60.7 Å². The van der Waals surface area contributed by atoms with Gasteiger partial charge in [-0.15, -0.1) is 0 Å². The fourth-order valence-corrected chi connectivity index (χ4v) is 7.38. The van der Waals surface area contributed by atoms with Gasteiger partial charge in [0.05, 0.1) is 34.1 Å². The third kappa shape index (κ3) is 4.75. The molecule has 0 saturated heterocycles. The van der Waals surface area contributed by atoms with Gasteiger partial charge < -0.3 is 23.7 Å². The number of para-hydroxylation sites is 6. The maximum atomic E-state index is 6.38. The van der Waals surface area contributed by atoms with Gasteiger partial charge in [0.2, 0.25) is 0 Å². The fraction of sp³-hybridized carbons (Fsp3) is 0. The summed E-state index contributed by atoms with van der Waals surface area (Å²) in [5, 5.41) is 0. The summed E-state index contributed by atoms with van der Waals surface area (Å²) in [5.74, 6) is 3.18. The summed E-state index contributed by atoms with van der Waals surface area (Å²) in [6, 6.07) is 57.3. The molecule has 0 saturated carbocycles.